The van der Waals surface area contributed by atoms with Crippen molar-refractivity contribution < 1.29 is 13.6 Å². The second-order valence-electron chi connectivity index (χ2n) is 2.64. The fraction of sp³-hybridized carbons (Fsp3) is 0.222. The van der Waals surface area contributed by atoms with Gasteiger partial charge in [-0.1, -0.05) is 34.1 Å². The molecule has 0 unspecified atom stereocenters. The number of benzene rings is 1. The van der Waals surface area contributed by atoms with Gasteiger partial charge in [0.15, 0.2) is 0 Å². The maximum absolute atomic E-state index is 12.8. The zero-order chi connectivity index (χ0) is 10.6. The molecule has 0 spiro atoms. The van der Waals surface area contributed by atoms with Crippen LogP contribution in [-0.2, 0) is 11.2 Å². The summed E-state index contributed by atoms with van der Waals surface area (Å²) in [4.78, 5) is 12.1. The topological polar surface area (TPSA) is 29.4 Å². The molecule has 0 N–H and O–H groups in total. The van der Waals surface area contributed by atoms with Crippen molar-refractivity contribution in [2.75, 3.05) is 0 Å². The molecule has 0 bridgehead atoms. The van der Waals surface area contributed by atoms with E-state index in [1.54, 1.807) is 18.2 Å². The standard InChI is InChI=1S/C9H6BrF2NO/c10-8-4-2-1-3-7(8)5-9(11,12)13-6-14/h1-4H,5H2. The first-order valence-corrected chi connectivity index (χ1v) is 4.55. The molecule has 2 nitrogen and oxygen atoms in total. The minimum Gasteiger partial charge on any atom is -0.211 e. The summed E-state index contributed by atoms with van der Waals surface area (Å²) < 4.78 is 26.2. The van der Waals surface area contributed by atoms with Gasteiger partial charge in [0.1, 0.15) is 0 Å². The molecule has 0 aliphatic heterocycles. The number of rotatable bonds is 3. The van der Waals surface area contributed by atoms with E-state index in [9.17, 15) is 13.6 Å². The molecule has 1 aromatic carbocycles. The maximum atomic E-state index is 12.8. The molecule has 14 heavy (non-hydrogen) atoms. The molecule has 0 atom stereocenters. The van der Waals surface area contributed by atoms with Gasteiger partial charge in [-0.3, -0.25) is 0 Å². The monoisotopic (exact) mass is 261 g/mol. The number of nitrogens with zero attached hydrogens (tertiary/aromatic N) is 1. The highest BCUT2D eigenvalue weighted by molar-refractivity contribution is 9.10. The lowest BCUT2D eigenvalue weighted by molar-refractivity contribution is 0.0116. The lowest BCUT2D eigenvalue weighted by Crippen LogP contribution is -2.16. The van der Waals surface area contributed by atoms with E-state index in [0.29, 0.717) is 10.0 Å². The zero-order valence-corrected chi connectivity index (χ0v) is 8.59. The molecular formula is C9H6BrF2NO. The summed E-state index contributed by atoms with van der Waals surface area (Å²) in [6, 6.07) is 3.16. The second-order valence-corrected chi connectivity index (χ2v) is 3.49. The predicted octanol–water partition coefficient (Wildman–Crippen LogP) is 2.92. The van der Waals surface area contributed by atoms with Crippen molar-refractivity contribution in [3.8, 4) is 0 Å². The van der Waals surface area contributed by atoms with Crippen LogP contribution in [0.25, 0.3) is 0 Å². The number of isocyanates is 1. The van der Waals surface area contributed by atoms with Crippen LogP contribution in [0.4, 0.5) is 8.78 Å². The minimum atomic E-state index is -3.38. The summed E-state index contributed by atoms with van der Waals surface area (Å²) in [5, 5.41) is 0. The van der Waals surface area contributed by atoms with E-state index in [4.69, 9.17) is 0 Å². The molecule has 5 heteroatoms. The average molecular weight is 262 g/mol. The van der Waals surface area contributed by atoms with Gasteiger partial charge in [-0.2, -0.15) is 8.78 Å². The highest BCUT2D eigenvalue weighted by Crippen LogP contribution is 2.25. The van der Waals surface area contributed by atoms with Crippen molar-refractivity contribution in [1.82, 2.24) is 0 Å². The summed E-state index contributed by atoms with van der Waals surface area (Å²) in [6.45, 7) is 0. The largest absolute Gasteiger partial charge is 0.356 e. The van der Waals surface area contributed by atoms with Gasteiger partial charge in [-0.25, -0.2) is 4.79 Å². The molecule has 0 aliphatic rings. The third kappa shape index (κ3) is 3.01. The van der Waals surface area contributed by atoms with E-state index >= 15 is 0 Å². The molecule has 74 valence electrons. The Bertz CT molecular complexity index is 375. The van der Waals surface area contributed by atoms with Crippen LogP contribution in [0.15, 0.2) is 33.7 Å². The van der Waals surface area contributed by atoms with Crippen LogP contribution in [0, 0.1) is 0 Å². The van der Waals surface area contributed by atoms with Crippen LogP contribution in [0.3, 0.4) is 0 Å². The highest BCUT2D eigenvalue weighted by atomic mass is 79.9. The van der Waals surface area contributed by atoms with Crippen LogP contribution < -0.4 is 0 Å². The van der Waals surface area contributed by atoms with Crippen LogP contribution in [0.2, 0.25) is 0 Å². The van der Waals surface area contributed by atoms with Crippen molar-refractivity contribution in [3.05, 3.63) is 34.3 Å². The van der Waals surface area contributed by atoms with E-state index in [1.165, 1.54) is 6.07 Å². The number of halogens is 3. The molecule has 0 fully saturated rings. The lowest BCUT2D eigenvalue weighted by Gasteiger charge is -2.09. The third-order valence-corrected chi connectivity index (χ3v) is 2.34. The van der Waals surface area contributed by atoms with Crippen molar-refractivity contribution in [2.24, 2.45) is 4.99 Å². The maximum Gasteiger partial charge on any atom is 0.356 e. The van der Waals surface area contributed by atoms with Gasteiger partial charge < -0.3 is 0 Å². The summed E-state index contributed by atoms with van der Waals surface area (Å²) in [5.74, 6) is 0. The van der Waals surface area contributed by atoms with E-state index in [2.05, 4.69) is 20.9 Å². The Kier molecular flexibility index (Phi) is 3.49. The predicted molar refractivity (Wildman–Crippen MR) is 50.9 cm³/mol. The summed E-state index contributed by atoms with van der Waals surface area (Å²) in [7, 11) is 0. The molecule has 0 aromatic heterocycles. The Labute approximate surface area is 87.8 Å². The molecule has 0 saturated carbocycles. The normalized spacial score (nSPS) is 10.8. The number of alkyl halides is 2. The Hall–Kier alpha value is -1.06. The SMILES string of the molecule is O=C=NC(F)(F)Cc1ccccc1Br. The zero-order valence-electron chi connectivity index (χ0n) is 7.01. The van der Waals surface area contributed by atoms with E-state index < -0.39 is 12.5 Å². The fourth-order valence-corrected chi connectivity index (χ4v) is 1.40. The van der Waals surface area contributed by atoms with Gasteiger partial charge in [-0.05, 0) is 11.6 Å². The van der Waals surface area contributed by atoms with E-state index in [-0.39, 0.29) is 0 Å². The van der Waals surface area contributed by atoms with Crippen LogP contribution in [0.1, 0.15) is 5.56 Å². The second kappa shape index (κ2) is 4.44. The number of hydrogen-bond donors (Lipinski definition) is 0. The number of carbonyl (C=O) groups excluding carboxylic acids is 1. The van der Waals surface area contributed by atoms with Crippen LogP contribution in [0.5, 0.6) is 0 Å². The Balaban J connectivity index is 2.88. The number of aliphatic imine (C=N–C) groups is 1. The lowest BCUT2D eigenvalue weighted by atomic mass is 10.1. The smallest absolute Gasteiger partial charge is 0.211 e. The molecule has 0 saturated heterocycles. The first-order chi connectivity index (χ1) is 6.55. The van der Waals surface area contributed by atoms with Gasteiger partial charge >= 0.3 is 6.05 Å². The minimum absolute atomic E-state index is 0.400. The van der Waals surface area contributed by atoms with Gasteiger partial charge in [-0.15, -0.1) is 4.99 Å². The number of hydrogen-bond acceptors (Lipinski definition) is 2. The van der Waals surface area contributed by atoms with Crippen molar-refractivity contribution in [3.63, 3.8) is 0 Å². The molecule has 0 amide bonds. The third-order valence-electron chi connectivity index (χ3n) is 1.57. The van der Waals surface area contributed by atoms with Gasteiger partial charge in [0.05, 0.1) is 6.42 Å². The van der Waals surface area contributed by atoms with Crippen molar-refractivity contribution in [1.29, 1.82) is 0 Å². The van der Waals surface area contributed by atoms with Crippen LogP contribution in [-0.4, -0.2) is 12.1 Å². The molecule has 1 aromatic rings. The molecule has 0 aliphatic carbocycles. The summed E-state index contributed by atoms with van der Waals surface area (Å²) >= 11 is 3.13. The first-order valence-electron chi connectivity index (χ1n) is 3.75. The first kappa shape index (κ1) is 11.0. The van der Waals surface area contributed by atoms with Crippen LogP contribution >= 0.6 is 15.9 Å². The molecular weight excluding hydrogens is 256 g/mol. The fourth-order valence-electron chi connectivity index (χ4n) is 0.977. The Morgan fingerprint density at radius 3 is 2.64 bits per heavy atom. The Morgan fingerprint density at radius 2 is 2.07 bits per heavy atom. The molecule has 1 rings (SSSR count). The molecule has 0 heterocycles. The average Bonchev–Trinajstić information content (AvgIpc) is 2.08. The van der Waals surface area contributed by atoms with Crippen molar-refractivity contribution in [2.45, 2.75) is 12.5 Å². The van der Waals surface area contributed by atoms with Crippen molar-refractivity contribution >= 4 is 22.0 Å². The quantitative estimate of drug-likeness (QED) is 0.468. The molecule has 0 radical (unpaired) electrons. The Morgan fingerprint density at radius 1 is 1.43 bits per heavy atom. The van der Waals surface area contributed by atoms with Gasteiger partial charge in [0.2, 0.25) is 6.08 Å². The summed E-state index contributed by atoms with van der Waals surface area (Å²) in [5.41, 5.74) is 0.400. The van der Waals surface area contributed by atoms with E-state index in [1.807, 2.05) is 0 Å². The van der Waals surface area contributed by atoms with E-state index in [0.717, 1.165) is 6.08 Å². The highest BCUT2D eigenvalue weighted by Gasteiger charge is 2.28. The van der Waals surface area contributed by atoms with Gasteiger partial charge in [0.25, 0.3) is 0 Å². The van der Waals surface area contributed by atoms with Gasteiger partial charge in [0, 0.05) is 4.47 Å². The summed E-state index contributed by atoms with van der Waals surface area (Å²) in [6.07, 6.45) is 0.250.